The fourth-order valence-corrected chi connectivity index (χ4v) is 10.9. The molecular weight excluding hydrogens is 1120 g/mol. The first-order valence-corrected chi connectivity index (χ1v) is 35.3. The maximum absolute atomic E-state index is 13.3. The zero-order valence-electron chi connectivity index (χ0n) is 55.4. The molecule has 0 radical (unpaired) electrons. The molecule has 510 valence electrons. The Morgan fingerprint density at radius 3 is 1.17 bits per heavy atom. The summed E-state index contributed by atoms with van der Waals surface area (Å²) in [4.78, 5) is 13.3. The van der Waals surface area contributed by atoms with Crippen molar-refractivity contribution in [1.82, 2.24) is 5.32 Å². The minimum absolute atomic E-state index is 0.241. The molecule has 12 atom stereocenters. The number of nitrogens with one attached hydrogen (secondary N) is 1. The molecule has 0 saturated carbocycles. The van der Waals surface area contributed by atoms with Crippen LogP contribution in [-0.4, -0.2) is 140 Å². The van der Waals surface area contributed by atoms with Gasteiger partial charge in [-0.3, -0.25) is 4.79 Å². The Kier molecular flexibility index (Phi) is 53.3. The van der Waals surface area contributed by atoms with Crippen molar-refractivity contribution in [3.8, 4) is 0 Å². The van der Waals surface area contributed by atoms with Crippen molar-refractivity contribution in [1.29, 1.82) is 0 Å². The van der Waals surface area contributed by atoms with E-state index < -0.39 is 86.8 Å². The second-order valence-corrected chi connectivity index (χ2v) is 24.3. The van der Waals surface area contributed by atoms with Gasteiger partial charge in [-0.25, -0.2) is 0 Å². The van der Waals surface area contributed by atoms with Crippen LogP contribution in [0.1, 0.15) is 251 Å². The Bertz CT molecular complexity index is 1960. The molecule has 0 aliphatic carbocycles. The lowest BCUT2D eigenvalue weighted by atomic mass is 9.97. The highest BCUT2D eigenvalue weighted by atomic mass is 16.7. The van der Waals surface area contributed by atoms with Gasteiger partial charge in [0.25, 0.3) is 0 Å². The van der Waals surface area contributed by atoms with Crippen LogP contribution in [0.25, 0.3) is 0 Å². The summed E-state index contributed by atoms with van der Waals surface area (Å²) in [6, 6.07) is -0.863. The van der Waals surface area contributed by atoms with E-state index in [0.717, 1.165) is 103 Å². The average Bonchev–Trinajstić information content (AvgIpc) is 2.75. The van der Waals surface area contributed by atoms with Crippen LogP contribution in [0.3, 0.4) is 0 Å². The largest absolute Gasteiger partial charge is 0.394 e. The second kappa shape index (κ2) is 58.2. The molecule has 1 amide bonds. The summed E-state index contributed by atoms with van der Waals surface area (Å²) >= 11 is 0. The number of rotatable bonds is 56. The highest BCUT2D eigenvalue weighted by molar-refractivity contribution is 5.76. The molecule has 89 heavy (non-hydrogen) atoms. The van der Waals surface area contributed by atoms with Gasteiger partial charge < -0.3 is 65.1 Å². The number of hydrogen-bond donors (Lipinski definition) is 9. The van der Waals surface area contributed by atoms with Crippen LogP contribution in [-0.2, 0) is 23.7 Å². The van der Waals surface area contributed by atoms with Gasteiger partial charge in [0.2, 0.25) is 5.91 Å². The molecule has 14 nitrogen and oxygen atoms in total. The van der Waals surface area contributed by atoms with Crippen LogP contribution in [0, 0.1) is 0 Å². The standard InChI is InChI=1S/C75H127NO13/c1-3-5-7-9-11-13-15-17-19-21-23-25-27-28-29-30-31-32-33-34-35-36-37-39-41-43-45-47-49-51-53-55-57-59-67(80)76-63(62-86-74-72(85)70(83)73(66(61-78)88-74)89-75-71(84)69(82)68(81)65(60-77)87-75)64(79)58-56-54-52-50-48-46-44-42-40-38-26-24-22-20-18-16-14-12-10-8-6-4-2/h5,7,11,13,17,19,23,25,28-29,31-32,34-35,37,39,43,45,49,51,63-66,68-75,77-79,81-85H,3-4,6,8-10,12,14-16,18,20-22,24,26-27,30,33,36,38,40-42,44,46-48,50,52-62H2,1-2H3,(H,76,80)/b7-5-,13-11-,19-17-,25-23-,29-28-,32-31-,35-34-,39-37-,45-43-,51-49-. The van der Waals surface area contributed by atoms with Crippen LogP contribution in [0.15, 0.2) is 122 Å². The van der Waals surface area contributed by atoms with Crippen LogP contribution < -0.4 is 5.32 Å². The maximum atomic E-state index is 13.3. The van der Waals surface area contributed by atoms with Gasteiger partial charge >= 0.3 is 0 Å². The molecule has 0 bridgehead atoms. The number of allylic oxidation sites excluding steroid dienone is 20. The monoisotopic (exact) mass is 1250 g/mol. The summed E-state index contributed by atoms with van der Waals surface area (Å²) < 4.78 is 22.9. The fraction of sp³-hybridized carbons (Fsp3) is 0.720. The van der Waals surface area contributed by atoms with Crippen molar-refractivity contribution in [3.05, 3.63) is 122 Å². The summed E-state index contributed by atoms with van der Waals surface area (Å²) in [5.41, 5.74) is 0. The van der Waals surface area contributed by atoms with Gasteiger partial charge in [-0.2, -0.15) is 0 Å². The molecule has 2 saturated heterocycles. The Hall–Kier alpha value is -3.61. The smallest absolute Gasteiger partial charge is 0.220 e. The number of aliphatic hydroxyl groups is 8. The number of carbonyl (C=O) groups is 1. The minimum atomic E-state index is -1.79. The number of amides is 1. The lowest BCUT2D eigenvalue weighted by Crippen LogP contribution is -2.65. The van der Waals surface area contributed by atoms with E-state index in [4.69, 9.17) is 18.9 Å². The number of hydrogen-bond acceptors (Lipinski definition) is 13. The molecule has 14 heteroatoms. The molecule has 2 aliphatic rings. The SMILES string of the molecule is CC/C=C\C/C=C\C/C=C\C/C=C\C/C=C\C/C=C\C/C=C\C/C=C\C/C=C\C/C=C\CCCCC(=O)NC(COC1OC(CO)C(OC2OC(CO)C(O)C(O)C2O)C(O)C1O)C(O)CCCCCCCCCCCCCCCCCCCCCCCC. The lowest BCUT2D eigenvalue weighted by Gasteiger charge is -2.46. The molecule has 2 aliphatic heterocycles. The number of unbranched alkanes of at least 4 members (excludes halogenated alkanes) is 23. The number of carbonyl (C=O) groups excluding carboxylic acids is 1. The van der Waals surface area contributed by atoms with Crippen molar-refractivity contribution in [2.24, 2.45) is 0 Å². The van der Waals surface area contributed by atoms with Crippen molar-refractivity contribution in [3.63, 3.8) is 0 Å². The predicted octanol–water partition coefficient (Wildman–Crippen LogP) is 14.5. The molecule has 2 heterocycles. The Labute approximate surface area is 539 Å². The molecule has 0 aromatic carbocycles. The summed E-state index contributed by atoms with van der Waals surface area (Å²) in [5, 5.41) is 87.6. The Morgan fingerprint density at radius 2 is 0.775 bits per heavy atom. The zero-order valence-corrected chi connectivity index (χ0v) is 55.4. The van der Waals surface area contributed by atoms with Gasteiger partial charge in [0.1, 0.15) is 48.8 Å². The predicted molar refractivity (Wildman–Crippen MR) is 364 cm³/mol. The van der Waals surface area contributed by atoms with Crippen LogP contribution >= 0.6 is 0 Å². The molecule has 0 aromatic heterocycles. The summed E-state index contributed by atoms with van der Waals surface area (Å²) in [6.07, 6.45) is 67.7. The molecule has 0 spiro atoms. The summed E-state index contributed by atoms with van der Waals surface area (Å²) in [7, 11) is 0. The van der Waals surface area contributed by atoms with E-state index in [9.17, 15) is 45.6 Å². The average molecular weight is 1250 g/mol. The summed E-state index contributed by atoms with van der Waals surface area (Å²) in [5.74, 6) is -0.251. The first kappa shape index (κ1) is 81.5. The van der Waals surface area contributed by atoms with Gasteiger partial charge in [0.05, 0.1) is 32.0 Å². The maximum Gasteiger partial charge on any atom is 0.220 e. The van der Waals surface area contributed by atoms with Gasteiger partial charge in [0.15, 0.2) is 12.6 Å². The second-order valence-electron chi connectivity index (χ2n) is 24.3. The third-order valence-corrected chi connectivity index (χ3v) is 16.4. The first-order valence-electron chi connectivity index (χ1n) is 35.3. The molecule has 12 unspecified atom stereocenters. The summed E-state index contributed by atoms with van der Waals surface area (Å²) in [6.45, 7) is 2.73. The zero-order chi connectivity index (χ0) is 64.5. The van der Waals surface area contributed by atoms with Crippen LogP contribution in [0.4, 0.5) is 0 Å². The molecule has 2 fully saturated rings. The van der Waals surface area contributed by atoms with Crippen molar-refractivity contribution in [2.75, 3.05) is 19.8 Å². The molecule has 0 aromatic rings. The first-order chi connectivity index (χ1) is 43.6. The van der Waals surface area contributed by atoms with Crippen molar-refractivity contribution in [2.45, 2.75) is 325 Å². The van der Waals surface area contributed by atoms with Crippen LogP contribution in [0.5, 0.6) is 0 Å². The lowest BCUT2D eigenvalue weighted by molar-refractivity contribution is -0.359. The normalized spacial score (nSPS) is 23.8. The van der Waals surface area contributed by atoms with E-state index in [-0.39, 0.29) is 18.9 Å². The third-order valence-electron chi connectivity index (χ3n) is 16.4. The topological polar surface area (TPSA) is 228 Å². The van der Waals surface area contributed by atoms with E-state index in [1.54, 1.807) is 0 Å². The van der Waals surface area contributed by atoms with E-state index in [1.165, 1.54) is 116 Å². The fourth-order valence-electron chi connectivity index (χ4n) is 10.9. The van der Waals surface area contributed by atoms with E-state index in [0.29, 0.717) is 12.8 Å². The molecule has 2 rings (SSSR count). The Morgan fingerprint density at radius 1 is 0.416 bits per heavy atom. The van der Waals surface area contributed by atoms with Crippen LogP contribution in [0.2, 0.25) is 0 Å². The van der Waals surface area contributed by atoms with E-state index >= 15 is 0 Å². The van der Waals surface area contributed by atoms with Gasteiger partial charge in [0, 0.05) is 6.42 Å². The quantitative estimate of drug-likeness (QED) is 0.0204. The molecule has 9 N–H and O–H groups in total. The van der Waals surface area contributed by atoms with Crippen molar-refractivity contribution >= 4 is 5.91 Å². The van der Waals surface area contributed by atoms with Gasteiger partial charge in [-0.15, -0.1) is 0 Å². The number of ether oxygens (including phenoxy) is 4. The van der Waals surface area contributed by atoms with E-state index in [1.807, 2.05) is 0 Å². The van der Waals surface area contributed by atoms with Crippen molar-refractivity contribution < 1.29 is 64.6 Å². The molecular formula is C75H127NO13. The highest BCUT2D eigenvalue weighted by Gasteiger charge is 2.51. The number of aliphatic hydroxyl groups excluding tert-OH is 8. The minimum Gasteiger partial charge on any atom is -0.394 e. The third kappa shape index (κ3) is 42.3. The van der Waals surface area contributed by atoms with Gasteiger partial charge in [-0.1, -0.05) is 277 Å². The van der Waals surface area contributed by atoms with E-state index in [2.05, 4.69) is 141 Å². The van der Waals surface area contributed by atoms with Gasteiger partial charge in [-0.05, 0) is 89.9 Å². The Balaban J connectivity index is 1.71. The highest BCUT2D eigenvalue weighted by Crippen LogP contribution is 2.30.